The van der Waals surface area contributed by atoms with Crippen LogP contribution in [0.25, 0.3) is 0 Å². The Labute approximate surface area is 149 Å². The average Bonchev–Trinajstić information content (AvgIpc) is 3.38. The molecule has 5 nitrogen and oxygen atoms in total. The summed E-state index contributed by atoms with van der Waals surface area (Å²) in [5.41, 5.74) is 1.08. The first-order valence-corrected chi connectivity index (χ1v) is 9.32. The summed E-state index contributed by atoms with van der Waals surface area (Å²) >= 11 is 0. The number of methoxy groups -OCH3 is 1. The molecule has 25 heavy (non-hydrogen) atoms. The fourth-order valence-corrected chi connectivity index (χ4v) is 3.69. The summed E-state index contributed by atoms with van der Waals surface area (Å²) in [7, 11) is 1.65. The Kier molecular flexibility index (Phi) is 5.61. The summed E-state index contributed by atoms with van der Waals surface area (Å²) in [6, 6.07) is 7.54. The standard InChI is InChI=1S/C20H28N2O3/c1-14-13-16(14)20(24)22-12-6-5-8-17(22)19(23)21-11-10-15-7-3-4-9-18(15)25-2/h3-4,7,9,14,16-17H,5-6,8,10-13H2,1-2H3,(H,21,23)/t14-,16+,17-/m0/s1. The van der Waals surface area contributed by atoms with E-state index in [-0.39, 0.29) is 23.8 Å². The molecule has 0 radical (unpaired) electrons. The lowest BCUT2D eigenvalue weighted by molar-refractivity contribution is -0.143. The zero-order valence-corrected chi connectivity index (χ0v) is 15.2. The molecule has 1 saturated carbocycles. The zero-order valence-electron chi connectivity index (χ0n) is 15.2. The van der Waals surface area contributed by atoms with Gasteiger partial charge >= 0.3 is 0 Å². The molecule has 1 heterocycles. The van der Waals surface area contributed by atoms with E-state index in [1.165, 1.54) is 0 Å². The fraction of sp³-hybridized carbons (Fsp3) is 0.600. The molecule has 2 amide bonds. The molecule has 0 unspecified atom stereocenters. The predicted octanol–water partition coefficient (Wildman–Crippen LogP) is 2.39. The van der Waals surface area contributed by atoms with Crippen LogP contribution in [0.4, 0.5) is 0 Å². The number of para-hydroxylation sites is 1. The molecule has 136 valence electrons. The second-order valence-electron chi connectivity index (χ2n) is 7.22. The second-order valence-corrected chi connectivity index (χ2v) is 7.22. The quantitative estimate of drug-likeness (QED) is 0.862. The van der Waals surface area contributed by atoms with Crippen molar-refractivity contribution >= 4 is 11.8 Å². The van der Waals surface area contributed by atoms with Crippen LogP contribution in [0.15, 0.2) is 24.3 Å². The molecule has 1 aliphatic carbocycles. The highest BCUT2D eigenvalue weighted by Crippen LogP contribution is 2.40. The maximum atomic E-state index is 12.6. The Morgan fingerprint density at radius 1 is 1.28 bits per heavy atom. The van der Waals surface area contributed by atoms with Gasteiger partial charge in [-0.25, -0.2) is 0 Å². The third-order valence-corrected chi connectivity index (χ3v) is 5.40. The van der Waals surface area contributed by atoms with E-state index in [1.54, 1.807) is 7.11 Å². The SMILES string of the molecule is COc1ccccc1CCNC(=O)[C@@H]1CCCCN1C(=O)[C@@H]1C[C@@H]1C. The third-order valence-electron chi connectivity index (χ3n) is 5.40. The summed E-state index contributed by atoms with van der Waals surface area (Å²) in [6.07, 6.45) is 4.47. The smallest absolute Gasteiger partial charge is 0.242 e. The molecule has 1 N–H and O–H groups in total. The van der Waals surface area contributed by atoms with Gasteiger partial charge in [0.15, 0.2) is 0 Å². The normalized spacial score (nSPS) is 25.4. The lowest BCUT2D eigenvalue weighted by atomic mass is 10.00. The average molecular weight is 344 g/mol. The van der Waals surface area contributed by atoms with E-state index < -0.39 is 0 Å². The zero-order chi connectivity index (χ0) is 17.8. The van der Waals surface area contributed by atoms with Gasteiger partial charge in [-0.1, -0.05) is 25.1 Å². The van der Waals surface area contributed by atoms with Crippen molar-refractivity contribution in [2.75, 3.05) is 20.2 Å². The Bertz CT molecular complexity index is 631. The molecule has 2 fully saturated rings. The molecular weight excluding hydrogens is 316 g/mol. The second kappa shape index (κ2) is 7.89. The number of benzene rings is 1. The number of hydrogen-bond donors (Lipinski definition) is 1. The van der Waals surface area contributed by atoms with Crippen LogP contribution in [-0.2, 0) is 16.0 Å². The number of carbonyl (C=O) groups is 2. The molecule has 0 aromatic heterocycles. The van der Waals surface area contributed by atoms with Crippen molar-refractivity contribution in [1.82, 2.24) is 10.2 Å². The highest BCUT2D eigenvalue weighted by atomic mass is 16.5. The molecule has 0 bridgehead atoms. The number of likely N-dealkylation sites (tertiary alicyclic amines) is 1. The van der Waals surface area contributed by atoms with E-state index in [9.17, 15) is 9.59 Å². The Morgan fingerprint density at radius 2 is 2.04 bits per heavy atom. The third kappa shape index (κ3) is 4.14. The van der Waals surface area contributed by atoms with Crippen LogP contribution < -0.4 is 10.1 Å². The van der Waals surface area contributed by atoms with E-state index in [0.717, 1.165) is 43.4 Å². The van der Waals surface area contributed by atoms with E-state index in [1.807, 2.05) is 29.2 Å². The minimum Gasteiger partial charge on any atom is -0.496 e. The number of ether oxygens (including phenoxy) is 1. The summed E-state index contributed by atoms with van der Waals surface area (Å²) < 4.78 is 5.35. The summed E-state index contributed by atoms with van der Waals surface area (Å²) in [6.45, 7) is 3.37. The molecule has 1 aliphatic heterocycles. The first-order valence-electron chi connectivity index (χ1n) is 9.32. The van der Waals surface area contributed by atoms with E-state index in [2.05, 4.69) is 12.2 Å². The van der Waals surface area contributed by atoms with Gasteiger partial charge < -0.3 is 15.0 Å². The lowest BCUT2D eigenvalue weighted by Gasteiger charge is -2.35. The minimum atomic E-state index is -0.299. The van der Waals surface area contributed by atoms with Crippen LogP contribution in [0.2, 0.25) is 0 Å². The molecule has 1 aromatic rings. The number of rotatable bonds is 6. The number of nitrogens with one attached hydrogen (secondary N) is 1. The van der Waals surface area contributed by atoms with Gasteiger partial charge in [0, 0.05) is 19.0 Å². The van der Waals surface area contributed by atoms with Gasteiger partial charge in [-0.3, -0.25) is 9.59 Å². The number of nitrogens with zero attached hydrogens (tertiary/aromatic N) is 1. The number of amides is 2. The van der Waals surface area contributed by atoms with Gasteiger partial charge in [0.25, 0.3) is 0 Å². The number of carbonyl (C=O) groups excluding carboxylic acids is 2. The number of piperidine rings is 1. The Hall–Kier alpha value is -2.04. The van der Waals surface area contributed by atoms with Gasteiger partial charge in [0.1, 0.15) is 11.8 Å². The van der Waals surface area contributed by atoms with Crippen LogP contribution in [0.1, 0.15) is 38.2 Å². The van der Waals surface area contributed by atoms with Crippen molar-refractivity contribution in [1.29, 1.82) is 0 Å². The molecule has 3 atom stereocenters. The molecular formula is C20H28N2O3. The van der Waals surface area contributed by atoms with Crippen molar-refractivity contribution in [2.45, 2.75) is 45.1 Å². The summed E-state index contributed by atoms with van der Waals surface area (Å²) in [5, 5.41) is 3.02. The highest BCUT2D eigenvalue weighted by molar-refractivity contribution is 5.89. The van der Waals surface area contributed by atoms with Gasteiger partial charge in [-0.05, 0) is 49.7 Å². The van der Waals surface area contributed by atoms with Gasteiger partial charge in [0.2, 0.25) is 11.8 Å². The maximum absolute atomic E-state index is 12.6. The van der Waals surface area contributed by atoms with Crippen LogP contribution in [0.5, 0.6) is 5.75 Å². The molecule has 0 spiro atoms. The van der Waals surface area contributed by atoms with Crippen molar-refractivity contribution in [3.05, 3.63) is 29.8 Å². The van der Waals surface area contributed by atoms with Crippen molar-refractivity contribution in [3.8, 4) is 5.75 Å². The van der Waals surface area contributed by atoms with Crippen LogP contribution in [0.3, 0.4) is 0 Å². The molecule has 3 rings (SSSR count). The largest absolute Gasteiger partial charge is 0.496 e. The lowest BCUT2D eigenvalue weighted by Crippen LogP contribution is -2.52. The Morgan fingerprint density at radius 3 is 2.76 bits per heavy atom. The van der Waals surface area contributed by atoms with E-state index in [4.69, 9.17) is 4.74 Å². The first-order chi connectivity index (χ1) is 12.1. The number of hydrogen-bond acceptors (Lipinski definition) is 3. The monoisotopic (exact) mass is 344 g/mol. The molecule has 5 heteroatoms. The predicted molar refractivity (Wildman–Crippen MR) is 96.3 cm³/mol. The van der Waals surface area contributed by atoms with Gasteiger partial charge in [0.05, 0.1) is 7.11 Å². The van der Waals surface area contributed by atoms with Crippen LogP contribution in [0, 0.1) is 11.8 Å². The van der Waals surface area contributed by atoms with Crippen molar-refractivity contribution < 1.29 is 14.3 Å². The molecule has 2 aliphatic rings. The topological polar surface area (TPSA) is 58.6 Å². The van der Waals surface area contributed by atoms with Crippen molar-refractivity contribution in [3.63, 3.8) is 0 Å². The molecule has 1 aromatic carbocycles. The van der Waals surface area contributed by atoms with Crippen LogP contribution in [-0.4, -0.2) is 43.0 Å². The summed E-state index contributed by atoms with van der Waals surface area (Å²) in [5.74, 6) is 1.62. The first kappa shape index (κ1) is 17.8. The maximum Gasteiger partial charge on any atom is 0.242 e. The Balaban J connectivity index is 1.54. The minimum absolute atomic E-state index is 0.0174. The van der Waals surface area contributed by atoms with E-state index in [0.29, 0.717) is 19.0 Å². The molecule has 1 saturated heterocycles. The van der Waals surface area contributed by atoms with Gasteiger partial charge in [-0.15, -0.1) is 0 Å². The van der Waals surface area contributed by atoms with Crippen molar-refractivity contribution in [2.24, 2.45) is 11.8 Å². The summed E-state index contributed by atoms with van der Waals surface area (Å²) in [4.78, 5) is 27.1. The van der Waals surface area contributed by atoms with Gasteiger partial charge in [-0.2, -0.15) is 0 Å². The van der Waals surface area contributed by atoms with Crippen LogP contribution >= 0.6 is 0 Å². The van der Waals surface area contributed by atoms with E-state index >= 15 is 0 Å². The highest BCUT2D eigenvalue weighted by Gasteiger charge is 2.44. The fourth-order valence-electron chi connectivity index (χ4n) is 3.69.